The summed E-state index contributed by atoms with van der Waals surface area (Å²) < 4.78 is 15.7. The second kappa shape index (κ2) is 7.46. The number of hydrogen-bond donors (Lipinski definition) is 0. The molecule has 19 heavy (non-hydrogen) atoms. The van der Waals surface area contributed by atoms with Gasteiger partial charge in [0.15, 0.2) is 11.5 Å². The zero-order valence-corrected chi connectivity index (χ0v) is 12.2. The van der Waals surface area contributed by atoms with E-state index in [1.807, 2.05) is 18.2 Å². The fraction of sp³-hybridized carbons (Fsp3) is 0.400. The lowest BCUT2D eigenvalue weighted by molar-refractivity contribution is 0.355. The van der Waals surface area contributed by atoms with Crippen molar-refractivity contribution in [3.63, 3.8) is 0 Å². The highest BCUT2D eigenvalue weighted by Gasteiger charge is 2.09. The number of nitrogens with zero attached hydrogens (tertiary/aromatic N) is 1. The maximum absolute atomic E-state index is 5.26. The van der Waals surface area contributed by atoms with Crippen molar-refractivity contribution in [2.75, 3.05) is 21.3 Å². The molecule has 0 aliphatic heterocycles. The average molecular weight is 263 g/mol. The zero-order valence-electron chi connectivity index (χ0n) is 12.2. The predicted molar refractivity (Wildman–Crippen MR) is 77.4 cm³/mol. The molecule has 2 rings (SSSR count). The number of benzene rings is 1. The summed E-state index contributed by atoms with van der Waals surface area (Å²) in [7, 11) is 4.84. The Balaban J connectivity index is 0.000000550. The molecule has 1 heterocycles. The van der Waals surface area contributed by atoms with Crippen LogP contribution in [0.1, 0.15) is 20.3 Å². The molecule has 0 bridgehead atoms. The molecule has 104 valence electrons. The van der Waals surface area contributed by atoms with E-state index in [2.05, 4.69) is 18.8 Å². The van der Waals surface area contributed by atoms with E-state index < -0.39 is 0 Å². The summed E-state index contributed by atoms with van der Waals surface area (Å²) in [5, 5.41) is 0.905. The van der Waals surface area contributed by atoms with Crippen LogP contribution in [0.3, 0.4) is 0 Å². The summed E-state index contributed by atoms with van der Waals surface area (Å²) in [6.45, 7) is 4.25. The molecular weight excluding hydrogens is 242 g/mol. The first-order valence-corrected chi connectivity index (χ1v) is 6.26. The van der Waals surface area contributed by atoms with Crippen molar-refractivity contribution in [2.45, 2.75) is 20.3 Å². The molecule has 0 aliphatic carbocycles. The third-order valence-electron chi connectivity index (χ3n) is 2.43. The van der Waals surface area contributed by atoms with E-state index in [0.29, 0.717) is 11.5 Å². The maximum Gasteiger partial charge on any atom is 0.162 e. The van der Waals surface area contributed by atoms with Gasteiger partial charge in [-0.1, -0.05) is 20.3 Å². The van der Waals surface area contributed by atoms with Gasteiger partial charge < -0.3 is 14.2 Å². The van der Waals surface area contributed by atoms with Crippen molar-refractivity contribution in [3.05, 3.63) is 24.4 Å². The Morgan fingerprint density at radius 3 is 1.95 bits per heavy atom. The van der Waals surface area contributed by atoms with Crippen LogP contribution in [0.4, 0.5) is 0 Å². The summed E-state index contributed by atoms with van der Waals surface area (Å²) in [5.74, 6) is 2.10. The monoisotopic (exact) mass is 263 g/mol. The largest absolute Gasteiger partial charge is 0.496 e. The molecule has 0 fully saturated rings. The van der Waals surface area contributed by atoms with E-state index >= 15 is 0 Å². The number of aromatic nitrogens is 1. The standard InChI is InChI=1S/C12H13NO3.C3H8/c1-14-10-4-5-13-9-7-12(16-3)11(15-2)6-8(9)10;1-3-2/h4-7H,1-3H3;3H2,1-2H3. The molecule has 4 heteroatoms. The van der Waals surface area contributed by atoms with Crippen LogP contribution < -0.4 is 14.2 Å². The smallest absolute Gasteiger partial charge is 0.162 e. The molecule has 0 aliphatic rings. The number of methoxy groups -OCH3 is 3. The van der Waals surface area contributed by atoms with Gasteiger partial charge in [-0.3, -0.25) is 4.98 Å². The Bertz CT molecular complexity index is 526. The van der Waals surface area contributed by atoms with Gasteiger partial charge in [0.25, 0.3) is 0 Å². The molecule has 0 saturated carbocycles. The van der Waals surface area contributed by atoms with Crippen LogP contribution in [0.2, 0.25) is 0 Å². The van der Waals surface area contributed by atoms with Crippen LogP contribution in [-0.2, 0) is 0 Å². The van der Waals surface area contributed by atoms with Gasteiger partial charge in [-0.2, -0.15) is 0 Å². The van der Waals surface area contributed by atoms with Crippen LogP contribution in [0, 0.1) is 0 Å². The minimum Gasteiger partial charge on any atom is -0.496 e. The van der Waals surface area contributed by atoms with Crippen molar-refractivity contribution in [1.82, 2.24) is 4.98 Å². The van der Waals surface area contributed by atoms with Crippen LogP contribution in [0.5, 0.6) is 17.2 Å². The van der Waals surface area contributed by atoms with E-state index in [1.54, 1.807) is 27.5 Å². The molecule has 0 radical (unpaired) electrons. The fourth-order valence-electron chi connectivity index (χ4n) is 1.63. The van der Waals surface area contributed by atoms with Gasteiger partial charge in [-0.05, 0) is 12.1 Å². The lowest BCUT2D eigenvalue weighted by atomic mass is 10.2. The molecule has 1 aromatic carbocycles. The second-order valence-electron chi connectivity index (χ2n) is 3.94. The molecule has 0 atom stereocenters. The molecule has 0 saturated heterocycles. The molecular formula is C15H21NO3. The van der Waals surface area contributed by atoms with Crippen molar-refractivity contribution in [1.29, 1.82) is 0 Å². The van der Waals surface area contributed by atoms with Gasteiger partial charge in [0.1, 0.15) is 5.75 Å². The van der Waals surface area contributed by atoms with Gasteiger partial charge in [0, 0.05) is 17.6 Å². The first kappa shape index (κ1) is 15.1. The van der Waals surface area contributed by atoms with E-state index in [4.69, 9.17) is 14.2 Å². The van der Waals surface area contributed by atoms with Crippen LogP contribution in [0.25, 0.3) is 10.9 Å². The fourth-order valence-corrected chi connectivity index (χ4v) is 1.63. The highest BCUT2D eigenvalue weighted by atomic mass is 16.5. The van der Waals surface area contributed by atoms with Gasteiger partial charge in [-0.15, -0.1) is 0 Å². The first-order valence-electron chi connectivity index (χ1n) is 6.26. The average Bonchev–Trinajstić information content (AvgIpc) is 2.45. The molecule has 2 aromatic rings. The summed E-state index contributed by atoms with van der Waals surface area (Å²) >= 11 is 0. The zero-order chi connectivity index (χ0) is 14.3. The summed E-state index contributed by atoms with van der Waals surface area (Å²) in [5.41, 5.74) is 0.817. The summed E-state index contributed by atoms with van der Waals surface area (Å²) in [6, 6.07) is 5.50. The van der Waals surface area contributed by atoms with E-state index in [1.165, 1.54) is 6.42 Å². The predicted octanol–water partition coefficient (Wildman–Crippen LogP) is 3.68. The van der Waals surface area contributed by atoms with Crippen LogP contribution in [0.15, 0.2) is 24.4 Å². The number of ether oxygens (including phenoxy) is 3. The summed E-state index contributed by atoms with van der Waals surface area (Å²) in [4.78, 5) is 4.26. The van der Waals surface area contributed by atoms with Crippen molar-refractivity contribution in [3.8, 4) is 17.2 Å². The van der Waals surface area contributed by atoms with Gasteiger partial charge in [0.2, 0.25) is 0 Å². The number of rotatable bonds is 3. The Kier molecular flexibility index (Phi) is 5.93. The molecule has 0 amide bonds. The second-order valence-corrected chi connectivity index (χ2v) is 3.94. The lowest BCUT2D eigenvalue weighted by Gasteiger charge is -2.10. The first-order chi connectivity index (χ1) is 9.21. The topological polar surface area (TPSA) is 40.6 Å². The Morgan fingerprint density at radius 2 is 1.42 bits per heavy atom. The summed E-state index contributed by atoms with van der Waals surface area (Å²) in [6.07, 6.45) is 2.95. The normalized spacial score (nSPS) is 9.53. The van der Waals surface area contributed by atoms with Crippen LogP contribution >= 0.6 is 0 Å². The highest BCUT2D eigenvalue weighted by Crippen LogP contribution is 2.34. The van der Waals surface area contributed by atoms with Gasteiger partial charge >= 0.3 is 0 Å². The Morgan fingerprint density at radius 1 is 0.895 bits per heavy atom. The molecule has 4 nitrogen and oxygen atoms in total. The van der Waals surface area contributed by atoms with E-state index in [9.17, 15) is 0 Å². The van der Waals surface area contributed by atoms with E-state index in [-0.39, 0.29) is 0 Å². The minimum atomic E-state index is 0.663. The minimum absolute atomic E-state index is 0.663. The Labute approximate surface area is 114 Å². The SMILES string of the molecule is CCC.COc1cc2nccc(OC)c2cc1OC. The number of hydrogen-bond acceptors (Lipinski definition) is 4. The van der Waals surface area contributed by atoms with Crippen molar-refractivity contribution in [2.24, 2.45) is 0 Å². The highest BCUT2D eigenvalue weighted by molar-refractivity contribution is 5.88. The lowest BCUT2D eigenvalue weighted by Crippen LogP contribution is -1.93. The van der Waals surface area contributed by atoms with Gasteiger partial charge in [-0.25, -0.2) is 0 Å². The molecule has 0 unspecified atom stereocenters. The maximum atomic E-state index is 5.26. The quantitative estimate of drug-likeness (QED) is 0.847. The Hall–Kier alpha value is -1.97. The van der Waals surface area contributed by atoms with Crippen molar-refractivity contribution >= 4 is 10.9 Å². The third kappa shape index (κ3) is 3.50. The van der Waals surface area contributed by atoms with Crippen LogP contribution in [-0.4, -0.2) is 26.3 Å². The number of fused-ring (bicyclic) bond motifs is 1. The van der Waals surface area contributed by atoms with Gasteiger partial charge in [0.05, 0.1) is 26.8 Å². The van der Waals surface area contributed by atoms with Crippen molar-refractivity contribution < 1.29 is 14.2 Å². The number of pyridine rings is 1. The van der Waals surface area contributed by atoms with E-state index in [0.717, 1.165) is 16.7 Å². The molecule has 1 aromatic heterocycles. The molecule has 0 N–H and O–H groups in total. The third-order valence-corrected chi connectivity index (χ3v) is 2.43. The molecule has 0 spiro atoms.